The maximum atomic E-state index is 13.2. The van der Waals surface area contributed by atoms with Crippen LogP contribution in [0.1, 0.15) is 34.1 Å². The largest absolute Gasteiger partial charge is 0.481 e. The number of nitrogens with zero attached hydrogens (tertiary/aromatic N) is 2. The first kappa shape index (κ1) is 24.5. The number of carbonyl (C=O) groups excluding carboxylic acids is 1. The van der Waals surface area contributed by atoms with Crippen LogP contribution in [-0.4, -0.2) is 72.7 Å². The molecule has 1 atom stereocenters. The summed E-state index contributed by atoms with van der Waals surface area (Å²) in [4.78, 5) is 25.5. The molecule has 1 aliphatic heterocycles. The van der Waals surface area contributed by atoms with Gasteiger partial charge in [0.2, 0.25) is 10.0 Å². The van der Waals surface area contributed by atoms with Gasteiger partial charge >= 0.3 is 12.1 Å². The smallest absolute Gasteiger partial charge is 0.410 e. The third-order valence-electron chi connectivity index (χ3n) is 4.47. The number of sulfonamides is 1. The van der Waals surface area contributed by atoms with Gasteiger partial charge in [0.05, 0.1) is 4.90 Å². The summed E-state index contributed by atoms with van der Waals surface area (Å²) >= 11 is 0. The molecule has 1 fully saturated rings. The van der Waals surface area contributed by atoms with Crippen molar-refractivity contribution in [2.24, 2.45) is 0 Å². The quantitative estimate of drug-likeness (QED) is 0.681. The summed E-state index contributed by atoms with van der Waals surface area (Å²) < 4.78 is 38.0. The molecule has 170 valence electrons. The highest BCUT2D eigenvalue weighted by atomic mass is 32.2. The van der Waals surface area contributed by atoms with Gasteiger partial charge < -0.3 is 19.5 Å². The van der Waals surface area contributed by atoms with E-state index in [0.717, 1.165) is 4.31 Å². The zero-order valence-corrected chi connectivity index (χ0v) is 18.9. The number of benzene rings is 1. The molecule has 0 aliphatic carbocycles. The van der Waals surface area contributed by atoms with Gasteiger partial charge in [-0.3, -0.25) is 4.79 Å². The van der Waals surface area contributed by atoms with Gasteiger partial charge in [-0.2, -0.15) is 4.31 Å². The zero-order valence-electron chi connectivity index (χ0n) is 18.1. The first-order chi connectivity index (χ1) is 14.5. The molecule has 0 bridgehead atoms. The lowest BCUT2D eigenvalue weighted by atomic mass is 10.2. The second-order valence-corrected chi connectivity index (χ2v) is 9.80. The molecule has 1 N–H and O–H groups in total. The first-order valence-corrected chi connectivity index (χ1v) is 11.2. The highest BCUT2D eigenvalue weighted by Gasteiger charge is 2.39. The maximum absolute atomic E-state index is 13.2. The van der Waals surface area contributed by atoms with E-state index in [9.17, 15) is 23.1 Å². The van der Waals surface area contributed by atoms with Crippen LogP contribution in [0, 0.1) is 11.8 Å². The average molecular weight is 453 g/mol. The average Bonchev–Trinajstić information content (AvgIpc) is 2.91. The lowest BCUT2D eigenvalue weighted by Gasteiger charge is -2.26. The molecule has 1 aromatic carbocycles. The van der Waals surface area contributed by atoms with E-state index in [1.807, 2.05) is 0 Å². The fourth-order valence-electron chi connectivity index (χ4n) is 2.99. The molecule has 1 unspecified atom stereocenters. The first-order valence-electron chi connectivity index (χ1n) is 9.81. The van der Waals surface area contributed by atoms with Gasteiger partial charge in [0.15, 0.2) is 0 Å². The number of carboxylic acids is 1. The Morgan fingerprint density at radius 1 is 1.16 bits per heavy atom. The molecule has 0 saturated carbocycles. The van der Waals surface area contributed by atoms with E-state index in [1.54, 1.807) is 27.7 Å². The second-order valence-electron chi connectivity index (χ2n) is 7.91. The molecular weight excluding hydrogens is 424 g/mol. The van der Waals surface area contributed by atoms with Crippen molar-refractivity contribution in [3.8, 4) is 17.6 Å². The Hall–Kier alpha value is -2.77. The molecule has 10 heteroatoms. The van der Waals surface area contributed by atoms with E-state index in [2.05, 4.69) is 11.8 Å². The van der Waals surface area contributed by atoms with Crippen LogP contribution in [0.2, 0.25) is 0 Å². The summed E-state index contributed by atoms with van der Waals surface area (Å²) in [5.41, 5.74) is -0.714. The second kappa shape index (κ2) is 10.0. The maximum Gasteiger partial charge on any atom is 0.410 e. The predicted molar refractivity (Wildman–Crippen MR) is 113 cm³/mol. The summed E-state index contributed by atoms with van der Waals surface area (Å²) in [5.74, 6) is 4.61. The number of carboxylic acid groups (broad SMARTS) is 1. The lowest BCUT2D eigenvalue weighted by molar-refractivity contribution is -0.141. The molecule has 0 aromatic heterocycles. The standard InChI is InChI=1S/C21H28N2O7S/c1-5-6-15-29-16-7-9-17(10-8-16)31(27,28)23-14-13-22(12-11-18(23)19(24)25)20(26)30-21(2,3)4/h7-10,18H,11-15H2,1-4H3,(H,24,25). The van der Waals surface area contributed by atoms with Gasteiger partial charge in [0.1, 0.15) is 24.0 Å². The molecule has 1 heterocycles. The van der Waals surface area contributed by atoms with Gasteiger partial charge in [0.25, 0.3) is 0 Å². The van der Waals surface area contributed by atoms with Crippen LogP contribution in [-0.2, 0) is 19.6 Å². The monoisotopic (exact) mass is 452 g/mol. The third-order valence-corrected chi connectivity index (χ3v) is 6.39. The van der Waals surface area contributed by atoms with E-state index >= 15 is 0 Å². The van der Waals surface area contributed by atoms with E-state index in [4.69, 9.17) is 9.47 Å². The summed E-state index contributed by atoms with van der Waals surface area (Å²) in [7, 11) is -4.12. The minimum Gasteiger partial charge on any atom is -0.481 e. The molecule has 31 heavy (non-hydrogen) atoms. The fourth-order valence-corrected chi connectivity index (χ4v) is 4.59. The molecule has 1 saturated heterocycles. The van der Waals surface area contributed by atoms with Crippen LogP contribution in [0.3, 0.4) is 0 Å². The molecule has 1 aromatic rings. The van der Waals surface area contributed by atoms with Crippen molar-refractivity contribution in [2.75, 3.05) is 26.2 Å². The van der Waals surface area contributed by atoms with E-state index < -0.39 is 33.7 Å². The van der Waals surface area contributed by atoms with Crippen LogP contribution in [0.5, 0.6) is 5.75 Å². The molecule has 0 radical (unpaired) electrons. The Balaban J connectivity index is 2.23. The van der Waals surface area contributed by atoms with Crippen LogP contribution in [0.15, 0.2) is 29.2 Å². The SMILES string of the molecule is CC#CCOc1ccc(S(=O)(=O)N2CCN(C(=O)OC(C)(C)C)CCC2C(=O)O)cc1. The molecule has 1 amide bonds. The van der Waals surface area contributed by atoms with Crippen molar-refractivity contribution >= 4 is 22.1 Å². The summed E-state index contributed by atoms with van der Waals surface area (Å²) in [5, 5.41) is 9.65. The predicted octanol–water partition coefficient (Wildman–Crippen LogP) is 2.17. The van der Waals surface area contributed by atoms with Crippen LogP contribution >= 0.6 is 0 Å². The Morgan fingerprint density at radius 3 is 2.35 bits per heavy atom. The molecule has 9 nitrogen and oxygen atoms in total. The van der Waals surface area contributed by atoms with Crippen molar-refractivity contribution in [2.45, 2.75) is 50.7 Å². The van der Waals surface area contributed by atoms with Crippen molar-refractivity contribution < 1.29 is 32.6 Å². The van der Waals surface area contributed by atoms with E-state index in [1.165, 1.54) is 29.2 Å². The number of hydrogen-bond donors (Lipinski definition) is 1. The topological polar surface area (TPSA) is 113 Å². The number of carbonyl (C=O) groups is 2. The Kier molecular flexibility index (Phi) is 7.92. The van der Waals surface area contributed by atoms with Gasteiger partial charge in [-0.25, -0.2) is 13.2 Å². The van der Waals surface area contributed by atoms with Crippen LogP contribution in [0.4, 0.5) is 4.79 Å². The lowest BCUT2D eigenvalue weighted by Crippen LogP contribution is -2.45. The van der Waals surface area contributed by atoms with Gasteiger partial charge in [-0.1, -0.05) is 5.92 Å². The number of ether oxygens (including phenoxy) is 2. The minimum atomic E-state index is -4.12. The van der Waals surface area contributed by atoms with Crippen molar-refractivity contribution in [1.82, 2.24) is 9.21 Å². The van der Waals surface area contributed by atoms with Gasteiger partial charge in [0, 0.05) is 19.6 Å². The normalized spacial score (nSPS) is 17.8. The van der Waals surface area contributed by atoms with Crippen LogP contribution < -0.4 is 4.74 Å². The highest BCUT2D eigenvalue weighted by Crippen LogP contribution is 2.25. The fraction of sp³-hybridized carbons (Fsp3) is 0.524. The van der Waals surface area contributed by atoms with Crippen LogP contribution in [0.25, 0.3) is 0 Å². The molecule has 1 aliphatic rings. The number of aliphatic carboxylic acids is 1. The Morgan fingerprint density at radius 2 is 1.81 bits per heavy atom. The number of hydrogen-bond acceptors (Lipinski definition) is 6. The molecule has 2 rings (SSSR count). The molecular formula is C21H28N2O7S. The van der Waals surface area contributed by atoms with Crippen molar-refractivity contribution in [3.05, 3.63) is 24.3 Å². The van der Waals surface area contributed by atoms with Crippen molar-refractivity contribution in [1.29, 1.82) is 0 Å². The number of amides is 1. The number of rotatable bonds is 5. The van der Waals surface area contributed by atoms with Gasteiger partial charge in [-0.05, 0) is 58.4 Å². The zero-order chi connectivity index (χ0) is 23.2. The summed E-state index contributed by atoms with van der Waals surface area (Å²) in [6, 6.07) is 4.41. The summed E-state index contributed by atoms with van der Waals surface area (Å²) in [6.45, 7) is 6.96. The minimum absolute atomic E-state index is 0.0226. The van der Waals surface area contributed by atoms with Gasteiger partial charge in [-0.15, -0.1) is 5.92 Å². The Bertz CT molecular complexity index is 956. The summed E-state index contributed by atoms with van der Waals surface area (Å²) in [6.07, 6.45) is -0.655. The highest BCUT2D eigenvalue weighted by molar-refractivity contribution is 7.89. The van der Waals surface area contributed by atoms with Crippen molar-refractivity contribution in [3.63, 3.8) is 0 Å². The third kappa shape index (κ3) is 6.60. The Labute approximate surface area is 183 Å². The van der Waals surface area contributed by atoms with E-state index in [-0.39, 0.29) is 37.6 Å². The molecule has 0 spiro atoms. The van der Waals surface area contributed by atoms with E-state index in [0.29, 0.717) is 5.75 Å².